The number of rotatable bonds is 6. The Morgan fingerprint density at radius 3 is 2.86 bits per heavy atom. The number of benzene rings is 1. The first kappa shape index (κ1) is 16.0. The summed E-state index contributed by atoms with van der Waals surface area (Å²) >= 11 is 0. The van der Waals surface area contributed by atoms with Crippen LogP contribution in [0.4, 0.5) is 4.39 Å². The third-order valence-electron chi connectivity index (χ3n) is 4.93. The van der Waals surface area contributed by atoms with Crippen LogP contribution in [0.1, 0.15) is 56.3 Å². The van der Waals surface area contributed by atoms with Gasteiger partial charge in [-0.2, -0.15) is 0 Å². The molecule has 0 aliphatic heterocycles. The van der Waals surface area contributed by atoms with E-state index >= 15 is 0 Å². The van der Waals surface area contributed by atoms with Crippen molar-refractivity contribution in [3.8, 4) is 5.75 Å². The van der Waals surface area contributed by atoms with E-state index in [9.17, 15) is 9.18 Å². The van der Waals surface area contributed by atoms with Gasteiger partial charge in [0.15, 0.2) is 6.29 Å². The smallest absolute Gasteiger partial charge is 0.156 e. The molecule has 1 aliphatic carbocycles. The molecule has 1 aliphatic rings. The van der Waals surface area contributed by atoms with Crippen LogP contribution in [-0.2, 0) is 0 Å². The lowest BCUT2D eigenvalue weighted by molar-refractivity contribution is 0.105. The summed E-state index contributed by atoms with van der Waals surface area (Å²) in [5.74, 6) is 1.74. The van der Waals surface area contributed by atoms with Crippen LogP contribution in [0.2, 0.25) is 0 Å². The summed E-state index contributed by atoms with van der Waals surface area (Å²) in [7, 11) is 0. The summed E-state index contributed by atoms with van der Waals surface area (Å²) in [6.07, 6.45) is 6.68. The van der Waals surface area contributed by atoms with Crippen molar-refractivity contribution in [2.24, 2.45) is 17.8 Å². The average molecular weight is 292 g/mol. The minimum atomic E-state index is -0.510. The number of carbonyl (C=O) groups excluding carboxylic acids is 1. The van der Waals surface area contributed by atoms with Crippen molar-refractivity contribution in [3.63, 3.8) is 0 Å². The first-order valence-electron chi connectivity index (χ1n) is 8.03. The highest BCUT2D eigenvalue weighted by Gasteiger charge is 2.29. The van der Waals surface area contributed by atoms with Crippen LogP contribution in [0.5, 0.6) is 5.75 Å². The number of hydrogen-bond acceptors (Lipinski definition) is 2. The third kappa shape index (κ3) is 3.84. The van der Waals surface area contributed by atoms with Crippen molar-refractivity contribution in [1.82, 2.24) is 0 Å². The van der Waals surface area contributed by atoms with Crippen molar-refractivity contribution in [1.29, 1.82) is 0 Å². The first-order valence-corrected chi connectivity index (χ1v) is 8.03. The highest BCUT2D eigenvalue weighted by molar-refractivity contribution is 5.79. The molecular weight excluding hydrogens is 267 g/mol. The third-order valence-corrected chi connectivity index (χ3v) is 4.93. The van der Waals surface area contributed by atoms with Crippen LogP contribution in [-0.4, -0.2) is 12.9 Å². The lowest BCUT2D eigenvalue weighted by Crippen LogP contribution is -2.29. The van der Waals surface area contributed by atoms with Gasteiger partial charge in [-0.3, -0.25) is 4.79 Å². The number of halogens is 1. The molecule has 21 heavy (non-hydrogen) atoms. The van der Waals surface area contributed by atoms with E-state index in [0.29, 0.717) is 36.4 Å². The summed E-state index contributed by atoms with van der Waals surface area (Å²) in [4.78, 5) is 11.0. The van der Waals surface area contributed by atoms with Crippen molar-refractivity contribution in [2.75, 3.05) is 6.61 Å². The van der Waals surface area contributed by atoms with Gasteiger partial charge in [-0.05, 0) is 42.7 Å². The Hall–Kier alpha value is -1.38. The molecule has 116 valence electrons. The Morgan fingerprint density at radius 1 is 1.38 bits per heavy atom. The fraction of sp³-hybridized carbons (Fsp3) is 0.611. The van der Waals surface area contributed by atoms with Gasteiger partial charge in [-0.1, -0.05) is 39.2 Å². The van der Waals surface area contributed by atoms with Crippen LogP contribution >= 0.6 is 0 Å². The van der Waals surface area contributed by atoms with E-state index in [1.807, 2.05) is 0 Å². The minimum absolute atomic E-state index is 0.0356. The molecule has 1 aromatic rings. The van der Waals surface area contributed by atoms with Crippen LogP contribution in [0.25, 0.3) is 0 Å². The molecule has 1 aromatic carbocycles. The SMILES string of the molecule is CCC(C)C1CCCCC1COc1cccc(F)c1C=O. The molecule has 3 unspecified atom stereocenters. The molecule has 0 heterocycles. The molecule has 0 spiro atoms. The monoisotopic (exact) mass is 292 g/mol. The van der Waals surface area contributed by atoms with Crippen molar-refractivity contribution in [2.45, 2.75) is 46.0 Å². The molecule has 3 heteroatoms. The Balaban J connectivity index is 2.04. The zero-order valence-electron chi connectivity index (χ0n) is 13.0. The number of hydrogen-bond donors (Lipinski definition) is 0. The van der Waals surface area contributed by atoms with E-state index in [0.717, 1.165) is 0 Å². The van der Waals surface area contributed by atoms with E-state index in [-0.39, 0.29) is 5.56 Å². The van der Waals surface area contributed by atoms with Crippen molar-refractivity contribution >= 4 is 6.29 Å². The first-order chi connectivity index (χ1) is 10.2. The zero-order valence-corrected chi connectivity index (χ0v) is 13.0. The van der Waals surface area contributed by atoms with Gasteiger partial charge in [0.2, 0.25) is 0 Å². The Bertz CT molecular complexity index is 472. The van der Waals surface area contributed by atoms with Crippen LogP contribution in [0.15, 0.2) is 18.2 Å². The summed E-state index contributed by atoms with van der Waals surface area (Å²) in [5, 5.41) is 0. The molecular formula is C18H25FO2. The fourth-order valence-electron chi connectivity index (χ4n) is 3.45. The van der Waals surface area contributed by atoms with Crippen molar-refractivity contribution < 1.29 is 13.9 Å². The number of ether oxygens (including phenoxy) is 1. The Morgan fingerprint density at radius 2 is 2.14 bits per heavy atom. The summed E-state index contributed by atoms with van der Waals surface area (Å²) in [6.45, 7) is 5.12. The quantitative estimate of drug-likeness (QED) is 0.699. The molecule has 2 nitrogen and oxygen atoms in total. The summed E-state index contributed by atoms with van der Waals surface area (Å²) in [5.41, 5.74) is 0.0356. The maximum absolute atomic E-state index is 13.6. The second-order valence-electron chi connectivity index (χ2n) is 6.17. The van der Waals surface area contributed by atoms with E-state index in [1.165, 1.54) is 38.2 Å². The van der Waals surface area contributed by atoms with Crippen molar-refractivity contribution in [3.05, 3.63) is 29.6 Å². The second-order valence-corrected chi connectivity index (χ2v) is 6.17. The fourth-order valence-corrected chi connectivity index (χ4v) is 3.45. The molecule has 2 rings (SSSR count). The molecule has 1 saturated carbocycles. The highest BCUT2D eigenvalue weighted by Crippen LogP contribution is 2.37. The van der Waals surface area contributed by atoms with E-state index in [4.69, 9.17) is 4.74 Å². The molecule has 1 fully saturated rings. The molecule has 0 saturated heterocycles. The number of carbonyl (C=O) groups is 1. The molecule has 0 amide bonds. The highest BCUT2D eigenvalue weighted by atomic mass is 19.1. The maximum atomic E-state index is 13.6. The normalized spacial score (nSPS) is 23.6. The maximum Gasteiger partial charge on any atom is 0.156 e. The molecule has 0 bridgehead atoms. The molecule has 0 aromatic heterocycles. The predicted octanol–water partition coefficient (Wildman–Crippen LogP) is 4.87. The second kappa shape index (κ2) is 7.58. The van der Waals surface area contributed by atoms with Gasteiger partial charge in [0, 0.05) is 0 Å². The zero-order chi connectivity index (χ0) is 15.2. The number of aldehydes is 1. The summed E-state index contributed by atoms with van der Waals surface area (Å²) in [6, 6.07) is 4.55. The van der Waals surface area contributed by atoms with Gasteiger partial charge in [0.05, 0.1) is 12.2 Å². The van der Waals surface area contributed by atoms with Gasteiger partial charge < -0.3 is 4.74 Å². The van der Waals surface area contributed by atoms with E-state index in [1.54, 1.807) is 12.1 Å². The minimum Gasteiger partial charge on any atom is -0.492 e. The van der Waals surface area contributed by atoms with E-state index < -0.39 is 5.82 Å². The lowest BCUT2D eigenvalue weighted by atomic mass is 9.72. The average Bonchev–Trinajstić information content (AvgIpc) is 2.52. The van der Waals surface area contributed by atoms with Gasteiger partial charge in [0.1, 0.15) is 11.6 Å². The molecule has 0 radical (unpaired) electrons. The Kier molecular flexibility index (Phi) is 5.77. The predicted molar refractivity (Wildman–Crippen MR) is 82.2 cm³/mol. The van der Waals surface area contributed by atoms with Gasteiger partial charge in [-0.25, -0.2) is 4.39 Å². The molecule has 3 atom stereocenters. The van der Waals surface area contributed by atoms with Crippen LogP contribution < -0.4 is 4.74 Å². The standard InChI is InChI=1S/C18H25FO2/c1-3-13(2)15-8-5-4-7-14(15)12-21-18-10-6-9-17(19)16(18)11-20/h6,9-11,13-15H,3-5,7-8,12H2,1-2H3. The van der Waals surface area contributed by atoms with Crippen LogP contribution in [0.3, 0.4) is 0 Å². The Labute approximate surface area is 126 Å². The summed E-state index contributed by atoms with van der Waals surface area (Å²) < 4.78 is 19.4. The topological polar surface area (TPSA) is 26.3 Å². The van der Waals surface area contributed by atoms with Gasteiger partial charge in [-0.15, -0.1) is 0 Å². The van der Waals surface area contributed by atoms with E-state index in [2.05, 4.69) is 13.8 Å². The lowest BCUT2D eigenvalue weighted by Gasteiger charge is -2.35. The van der Waals surface area contributed by atoms with Gasteiger partial charge in [0.25, 0.3) is 0 Å². The molecule has 0 N–H and O–H groups in total. The largest absolute Gasteiger partial charge is 0.492 e. The van der Waals surface area contributed by atoms with Crippen LogP contribution in [0, 0.1) is 23.6 Å². The van der Waals surface area contributed by atoms with Gasteiger partial charge >= 0.3 is 0 Å².